The van der Waals surface area contributed by atoms with Gasteiger partial charge in [-0.1, -0.05) is 13.3 Å². The molecule has 15 heavy (non-hydrogen) atoms. The van der Waals surface area contributed by atoms with Gasteiger partial charge < -0.3 is 10.1 Å². The van der Waals surface area contributed by atoms with Gasteiger partial charge >= 0.3 is 5.97 Å². The second kappa shape index (κ2) is 6.80. The molecule has 0 bridgehead atoms. The van der Waals surface area contributed by atoms with Gasteiger partial charge in [0.15, 0.2) is 0 Å². The number of carbonyl (C=O) groups excluding carboxylic acids is 1. The molecule has 0 saturated carbocycles. The number of nitrogens with one attached hydrogen (secondary N) is 1. The Kier molecular flexibility index (Phi) is 5.65. The molecule has 1 atom stereocenters. The van der Waals surface area contributed by atoms with E-state index < -0.39 is 0 Å². The first kappa shape index (κ1) is 12.5. The van der Waals surface area contributed by atoms with Gasteiger partial charge in [0.2, 0.25) is 0 Å². The minimum absolute atomic E-state index is 0.0856. The number of rotatable bonds is 5. The highest BCUT2D eigenvalue weighted by Gasteiger charge is 2.18. The highest BCUT2D eigenvalue weighted by Crippen LogP contribution is 1.99. The van der Waals surface area contributed by atoms with Crippen molar-refractivity contribution in [1.82, 2.24) is 10.2 Å². The molecule has 1 fully saturated rings. The molecule has 88 valence electrons. The highest BCUT2D eigenvalue weighted by molar-refractivity contribution is 5.71. The van der Waals surface area contributed by atoms with Gasteiger partial charge in [0.05, 0.1) is 13.2 Å². The van der Waals surface area contributed by atoms with Crippen LogP contribution in [0.25, 0.3) is 0 Å². The van der Waals surface area contributed by atoms with Crippen molar-refractivity contribution in [2.24, 2.45) is 0 Å². The molecule has 0 aromatic carbocycles. The van der Waals surface area contributed by atoms with Gasteiger partial charge in [-0.3, -0.25) is 9.69 Å². The summed E-state index contributed by atoms with van der Waals surface area (Å²) in [5.41, 5.74) is 0. The van der Waals surface area contributed by atoms with Gasteiger partial charge in [0, 0.05) is 25.7 Å². The second-order valence-corrected chi connectivity index (χ2v) is 4.16. The lowest BCUT2D eigenvalue weighted by Gasteiger charge is -2.30. The summed E-state index contributed by atoms with van der Waals surface area (Å²) >= 11 is 0. The molecule has 0 unspecified atom stereocenters. The average Bonchev–Trinajstić information content (AvgIpc) is 2.18. The van der Waals surface area contributed by atoms with Crippen LogP contribution in [0.3, 0.4) is 0 Å². The van der Waals surface area contributed by atoms with E-state index in [1.165, 1.54) is 0 Å². The maximum absolute atomic E-state index is 11.4. The van der Waals surface area contributed by atoms with E-state index in [-0.39, 0.29) is 5.97 Å². The van der Waals surface area contributed by atoms with Gasteiger partial charge in [-0.2, -0.15) is 0 Å². The van der Waals surface area contributed by atoms with Gasteiger partial charge in [-0.15, -0.1) is 0 Å². The molecular formula is C11H22N2O2. The van der Waals surface area contributed by atoms with Crippen LogP contribution in [0.5, 0.6) is 0 Å². The Labute approximate surface area is 92.0 Å². The molecule has 0 aromatic rings. The van der Waals surface area contributed by atoms with Crippen LogP contribution in [-0.2, 0) is 9.53 Å². The first-order valence-electron chi connectivity index (χ1n) is 5.83. The average molecular weight is 214 g/mol. The number of esters is 1. The molecule has 4 nitrogen and oxygen atoms in total. The summed E-state index contributed by atoms with van der Waals surface area (Å²) in [6.07, 6.45) is 2.03. The fourth-order valence-electron chi connectivity index (χ4n) is 1.71. The Balaban J connectivity index is 2.13. The lowest BCUT2D eigenvalue weighted by Crippen LogP contribution is -2.50. The first-order valence-corrected chi connectivity index (χ1v) is 5.83. The van der Waals surface area contributed by atoms with Gasteiger partial charge in [-0.25, -0.2) is 0 Å². The standard InChI is InChI=1S/C11H22N2O2/c1-3-4-7-15-11(14)9-13-6-5-12-10(2)8-13/h10,12H,3-9H2,1-2H3/t10-/m0/s1. The van der Waals surface area contributed by atoms with Crippen molar-refractivity contribution in [2.75, 3.05) is 32.8 Å². The summed E-state index contributed by atoms with van der Waals surface area (Å²) in [6, 6.07) is 0.474. The molecule has 1 rings (SSSR count). The summed E-state index contributed by atoms with van der Waals surface area (Å²) in [6.45, 7) is 8.06. The van der Waals surface area contributed by atoms with Crippen molar-refractivity contribution in [2.45, 2.75) is 32.7 Å². The van der Waals surface area contributed by atoms with Crippen LogP contribution >= 0.6 is 0 Å². The summed E-state index contributed by atoms with van der Waals surface area (Å²) < 4.78 is 5.12. The van der Waals surface area contributed by atoms with Crippen LogP contribution in [0.15, 0.2) is 0 Å². The van der Waals surface area contributed by atoms with Crippen molar-refractivity contribution < 1.29 is 9.53 Å². The number of carbonyl (C=O) groups is 1. The summed E-state index contributed by atoms with van der Waals surface area (Å²) in [7, 11) is 0. The van der Waals surface area contributed by atoms with E-state index in [1.54, 1.807) is 0 Å². The highest BCUT2D eigenvalue weighted by atomic mass is 16.5. The third-order valence-electron chi connectivity index (χ3n) is 2.57. The van der Waals surface area contributed by atoms with Crippen LogP contribution in [-0.4, -0.2) is 49.7 Å². The minimum Gasteiger partial charge on any atom is -0.465 e. The van der Waals surface area contributed by atoms with Crippen molar-refractivity contribution in [3.63, 3.8) is 0 Å². The third kappa shape index (κ3) is 5.14. The monoisotopic (exact) mass is 214 g/mol. The van der Waals surface area contributed by atoms with E-state index in [9.17, 15) is 4.79 Å². The van der Waals surface area contributed by atoms with Crippen LogP contribution in [0.4, 0.5) is 0 Å². The SMILES string of the molecule is CCCCOC(=O)CN1CCN[C@@H](C)C1. The van der Waals surface area contributed by atoms with Gasteiger partial charge in [-0.05, 0) is 13.3 Å². The van der Waals surface area contributed by atoms with Crippen LogP contribution in [0, 0.1) is 0 Å². The number of ether oxygens (including phenoxy) is 1. The van der Waals surface area contributed by atoms with Crippen molar-refractivity contribution in [3.05, 3.63) is 0 Å². The molecular weight excluding hydrogens is 192 g/mol. The van der Waals surface area contributed by atoms with Gasteiger partial charge in [0.25, 0.3) is 0 Å². The molecule has 0 aliphatic carbocycles. The summed E-state index contributed by atoms with van der Waals surface area (Å²) in [5, 5.41) is 3.34. The number of hydrogen-bond acceptors (Lipinski definition) is 4. The van der Waals surface area contributed by atoms with E-state index in [0.717, 1.165) is 32.5 Å². The van der Waals surface area contributed by atoms with E-state index in [1.807, 2.05) is 0 Å². The number of nitrogens with zero attached hydrogens (tertiary/aromatic N) is 1. The van der Waals surface area contributed by atoms with Crippen LogP contribution in [0.2, 0.25) is 0 Å². The van der Waals surface area contributed by atoms with E-state index in [4.69, 9.17) is 4.74 Å². The molecule has 0 radical (unpaired) electrons. The summed E-state index contributed by atoms with van der Waals surface area (Å²) in [5.74, 6) is -0.0856. The molecule has 1 saturated heterocycles. The first-order chi connectivity index (χ1) is 7.22. The smallest absolute Gasteiger partial charge is 0.320 e. The van der Waals surface area contributed by atoms with Crippen molar-refractivity contribution >= 4 is 5.97 Å². The fraction of sp³-hybridized carbons (Fsp3) is 0.909. The fourth-order valence-corrected chi connectivity index (χ4v) is 1.71. The zero-order valence-electron chi connectivity index (χ0n) is 9.79. The van der Waals surface area contributed by atoms with Crippen LogP contribution < -0.4 is 5.32 Å². The maximum Gasteiger partial charge on any atom is 0.320 e. The zero-order chi connectivity index (χ0) is 11.1. The maximum atomic E-state index is 11.4. The number of hydrogen-bond donors (Lipinski definition) is 1. The molecule has 1 aliphatic heterocycles. The molecule has 4 heteroatoms. The van der Waals surface area contributed by atoms with E-state index in [0.29, 0.717) is 19.2 Å². The van der Waals surface area contributed by atoms with Crippen molar-refractivity contribution in [1.29, 1.82) is 0 Å². The third-order valence-corrected chi connectivity index (χ3v) is 2.57. The zero-order valence-corrected chi connectivity index (χ0v) is 9.79. The predicted molar refractivity (Wildman–Crippen MR) is 59.8 cm³/mol. The minimum atomic E-state index is -0.0856. The Hall–Kier alpha value is -0.610. The quantitative estimate of drug-likeness (QED) is 0.538. The van der Waals surface area contributed by atoms with Gasteiger partial charge in [0.1, 0.15) is 0 Å². The predicted octanol–water partition coefficient (Wildman–Crippen LogP) is 0.623. The molecule has 1 N–H and O–H groups in total. The Morgan fingerprint density at radius 1 is 1.60 bits per heavy atom. The Morgan fingerprint density at radius 2 is 2.40 bits per heavy atom. The van der Waals surface area contributed by atoms with E-state index >= 15 is 0 Å². The molecule has 0 spiro atoms. The molecule has 0 aromatic heterocycles. The molecule has 1 heterocycles. The topological polar surface area (TPSA) is 41.6 Å². The Bertz CT molecular complexity index is 197. The molecule has 1 aliphatic rings. The second-order valence-electron chi connectivity index (χ2n) is 4.16. The van der Waals surface area contributed by atoms with E-state index in [2.05, 4.69) is 24.1 Å². The normalized spacial score (nSPS) is 22.7. The molecule has 0 amide bonds. The lowest BCUT2D eigenvalue weighted by atomic mass is 10.2. The van der Waals surface area contributed by atoms with Crippen molar-refractivity contribution in [3.8, 4) is 0 Å². The summed E-state index contributed by atoms with van der Waals surface area (Å²) in [4.78, 5) is 13.6. The van der Waals surface area contributed by atoms with Crippen LogP contribution in [0.1, 0.15) is 26.7 Å². The number of unbranched alkanes of at least 4 members (excludes halogenated alkanes) is 1. The Morgan fingerprint density at radius 3 is 3.07 bits per heavy atom. The number of piperazine rings is 1. The lowest BCUT2D eigenvalue weighted by molar-refractivity contribution is -0.145. The largest absolute Gasteiger partial charge is 0.465 e.